The lowest BCUT2D eigenvalue weighted by atomic mass is 10.2. The third-order valence-electron chi connectivity index (χ3n) is 1.27. The highest BCUT2D eigenvalue weighted by atomic mass is 35.5. The fraction of sp³-hybridized carbons (Fsp3) is 0.500. The quantitative estimate of drug-likeness (QED) is 0.694. The average Bonchev–Trinajstić information content (AvgIpc) is 2.22. The van der Waals surface area contributed by atoms with E-state index in [1.165, 1.54) is 0 Å². The summed E-state index contributed by atoms with van der Waals surface area (Å²) in [5, 5.41) is -1.17. The molecule has 1 aromatic rings. The van der Waals surface area contributed by atoms with Crippen molar-refractivity contribution in [2.24, 2.45) is 0 Å². The molecule has 0 N–H and O–H groups in total. The van der Waals surface area contributed by atoms with Gasteiger partial charge in [0.2, 0.25) is 0 Å². The minimum atomic E-state index is -4.89. The molecule has 0 aromatic carbocycles. The number of hydrogen-bond donors (Lipinski definition) is 0. The van der Waals surface area contributed by atoms with Crippen LogP contribution in [0.15, 0.2) is 6.20 Å². The molecule has 0 aliphatic heterocycles. The summed E-state index contributed by atoms with van der Waals surface area (Å²) in [6, 6.07) is 0. The van der Waals surface area contributed by atoms with Crippen molar-refractivity contribution in [1.29, 1.82) is 0 Å². The molecule has 14 heavy (non-hydrogen) atoms. The minimum Gasteiger partial charge on any atom is -0.240 e. The first-order chi connectivity index (χ1) is 9.12. The second-order valence-corrected chi connectivity index (χ2v) is 2.63. The molecule has 1 rings (SSSR count). The van der Waals surface area contributed by atoms with E-state index in [-0.39, 0.29) is 6.20 Å². The summed E-state index contributed by atoms with van der Waals surface area (Å²) in [5.74, 6) is -4.42. The number of hydrogen-bond acceptors (Lipinski definition) is 2. The zero-order chi connectivity index (χ0) is 16.9. The van der Waals surface area contributed by atoms with Gasteiger partial charge in [0, 0.05) is 21.7 Å². The summed E-state index contributed by atoms with van der Waals surface area (Å²) >= 11 is 5.30. The van der Waals surface area contributed by atoms with Crippen LogP contribution in [-0.2, 0) is 6.18 Å². The van der Waals surface area contributed by atoms with Crippen LogP contribution in [0.1, 0.15) is 40.6 Å². The molecular formula is C8H8ClF3N2. The molecule has 6 heteroatoms. The predicted molar refractivity (Wildman–Crippen MR) is 46.1 cm³/mol. The minimum absolute atomic E-state index is 0.158. The summed E-state index contributed by atoms with van der Waals surface area (Å²) in [6.07, 6.45) is -4.73. The lowest BCUT2D eigenvalue weighted by Crippen LogP contribution is -2.09. The lowest BCUT2D eigenvalue weighted by Gasteiger charge is -2.09. The summed E-state index contributed by atoms with van der Waals surface area (Å²) in [7, 11) is 0. The van der Waals surface area contributed by atoms with E-state index >= 15 is 0 Å². The Morgan fingerprint density at radius 2 is 2.21 bits per heavy atom. The molecule has 0 atom stereocenters. The van der Waals surface area contributed by atoms with Crippen molar-refractivity contribution in [2.45, 2.75) is 25.8 Å². The summed E-state index contributed by atoms with van der Waals surface area (Å²) < 4.78 is 88.2. The van der Waals surface area contributed by atoms with Crippen molar-refractivity contribution in [1.82, 2.24) is 9.97 Å². The van der Waals surface area contributed by atoms with E-state index < -0.39 is 42.3 Å². The smallest absolute Gasteiger partial charge is 0.240 e. The molecule has 1 aromatic heterocycles. The van der Waals surface area contributed by atoms with Gasteiger partial charge in [0.15, 0.2) is 0 Å². The van der Waals surface area contributed by atoms with Crippen LogP contribution in [0.2, 0.25) is 5.15 Å². The van der Waals surface area contributed by atoms with Crippen molar-refractivity contribution < 1.29 is 22.8 Å². The van der Waals surface area contributed by atoms with Crippen LogP contribution in [0, 0.1) is 0 Å². The Balaban J connectivity index is 3.54. The van der Waals surface area contributed by atoms with Crippen molar-refractivity contribution >= 4 is 11.6 Å². The molecular weight excluding hydrogens is 217 g/mol. The van der Waals surface area contributed by atoms with Gasteiger partial charge in [-0.2, -0.15) is 13.2 Å². The van der Waals surface area contributed by atoms with Crippen LogP contribution in [0.25, 0.3) is 0 Å². The molecule has 0 fully saturated rings. The van der Waals surface area contributed by atoms with Crippen molar-refractivity contribution in [2.75, 3.05) is 0 Å². The maximum Gasteiger partial charge on any atom is 0.420 e. The van der Waals surface area contributed by atoms with E-state index in [2.05, 4.69) is 9.97 Å². The fourth-order valence-corrected chi connectivity index (χ4v) is 0.908. The molecule has 0 unspecified atom stereocenters. The Kier molecular flexibility index (Phi) is 1.27. The normalized spacial score (nSPS) is 22.1. The molecule has 0 radical (unpaired) electrons. The van der Waals surface area contributed by atoms with Gasteiger partial charge in [-0.1, -0.05) is 25.3 Å². The molecule has 0 aliphatic rings. The van der Waals surface area contributed by atoms with Crippen LogP contribution in [0.5, 0.6) is 0 Å². The van der Waals surface area contributed by atoms with Gasteiger partial charge in [0.25, 0.3) is 0 Å². The second kappa shape index (κ2) is 3.73. The molecule has 0 spiro atoms. The van der Waals surface area contributed by atoms with Crippen LogP contribution < -0.4 is 0 Å². The number of aromatic nitrogens is 2. The third-order valence-corrected chi connectivity index (χ3v) is 1.56. The fourth-order valence-electron chi connectivity index (χ4n) is 0.672. The van der Waals surface area contributed by atoms with E-state index in [0.717, 1.165) is 0 Å². The summed E-state index contributed by atoms with van der Waals surface area (Å²) in [6.45, 7) is -6.80. The SMILES string of the molecule is [2H]C([2H])([2H])C([2H])(c1ncc(C(F)(F)F)c(Cl)n1)C([2H])([2H])[2H]. The zero-order valence-corrected chi connectivity index (χ0v) is 7.24. The Hall–Kier alpha value is -0.840. The zero-order valence-electron chi connectivity index (χ0n) is 13.5. The first-order valence-corrected chi connectivity index (χ1v) is 3.60. The molecule has 0 saturated heterocycles. The van der Waals surface area contributed by atoms with Crippen molar-refractivity contribution in [3.8, 4) is 0 Å². The van der Waals surface area contributed by atoms with Gasteiger partial charge in [0.1, 0.15) is 16.5 Å². The monoisotopic (exact) mass is 231 g/mol. The van der Waals surface area contributed by atoms with Gasteiger partial charge in [-0.25, -0.2) is 9.97 Å². The highest BCUT2D eigenvalue weighted by Gasteiger charge is 2.34. The Labute approximate surface area is 94.0 Å². The molecule has 1 heterocycles. The number of nitrogens with zero attached hydrogens (tertiary/aromatic N) is 2. The van der Waals surface area contributed by atoms with Gasteiger partial charge in [-0.15, -0.1) is 0 Å². The maximum atomic E-state index is 12.5. The van der Waals surface area contributed by atoms with E-state index in [4.69, 9.17) is 21.2 Å². The predicted octanol–water partition coefficient (Wildman–Crippen LogP) is 3.27. The largest absolute Gasteiger partial charge is 0.420 e. The summed E-state index contributed by atoms with van der Waals surface area (Å²) in [5.41, 5.74) is -1.45. The number of rotatable bonds is 1. The van der Waals surface area contributed by atoms with Gasteiger partial charge in [-0.05, 0) is 0 Å². The van der Waals surface area contributed by atoms with E-state index in [9.17, 15) is 13.2 Å². The Morgan fingerprint density at radius 1 is 1.57 bits per heavy atom. The van der Waals surface area contributed by atoms with Gasteiger partial charge in [-0.3, -0.25) is 0 Å². The standard InChI is InChI=1S/C8H8ClF3N2/c1-4(2)7-13-3-5(6(9)14-7)8(10,11)12/h3-4H,1-2H3/i1D3,2D3,4D. The number of alkyl halides is 3. The van der Waals surface area contributed by atoms with E-state index in [1.54, 1.807) is 0 Å². The van der Waals surface area contributed by atoms with Crippen LogP contribution in [0.3, 0.4) is 0 Å². The van der Waals surface area contributed by atoms with Crippen LogP contribution in [0.4, 0.5) is 13.2 Å². The van der Waals surface area contributed by atoms with Crippen LogP contribution in [-0.4, -0.2) is 9.97 Å². The van der Waals surface area contributed by atoms with Crippen molar-refractivity contribution in [3.05, 3.63) is 22.7 Å². The lowest BCUT2D eigenvalue weighted by molar-refractivity contribution is -0.138. The van der Waals surface area contributed by atoms with E-state index in [1.807, 2.05) is 0 Å². The van der Waals surface area contributed by atoms with Crippen LogP contribution >= 0.6 is 11.6 Å². The first kappa shape index (κ1) is 4.79. The van der Waals surface area contributed by atoms with Gasteiger partial charge >= 0.3 is 6.18 Å². The molecule has 0 saturated carbocycles. The highest BCUT2D eigenvalue weighted by molar-refractivity contribution is 6.30. The third kappa shape index (κ3) is 2.35. The Bertz CT molecular complexity index is 526. The average molecular weight is 232 g/mol. The molecule has 0 aliphatic carbocycles. The maximum absolute atomic E-state index is 12.5. The topological polar surface area (TPSA) is 25.8 Å². The molecule has 0 amide bonds. The molecule has 78 valence electrons. The molecule has 2 nitrogen and oxygen atoms in total. The van der Waals surface area contributed by atoms with Gasteiger partial charge in [0.05, 0.1) is 0 Å². The highest BCUT2D eigenvalue weighted by Crippen LogP contribution is 2.33. The van der Waals surface area contributed by atoms with E-state index in [0.29, 0.717) is 0 Å². The number of halogens is 4. The Morgan fingerprint density at radius 3 is 2.64 bits per heavy atom. The van der Waals surface area contributed by atoms with Crippen molar-refractivity contribution in [3.63, 3.8) is 0 Å². The van der Waals surface area contributed by atoms with Gasteiger partial charge < -0.3 is 0 Å². The molecule has 0 bridgehead atoms. The second-order valence-electron chi connectivity index (χ2n) is 2.27. The summed E-state index contributed by atoms with van der Waals surface area (Å²) in [4.78, 5) is 6.16. The first-order valence-electron chi connectivity index (χ1n) is 6.72.